The van der Waals surface area contributed by atoms with Crippen LogP contribution >= 0.6 is 0 Å². The van der Waals surface area contributed by atoms with Crippen LogP contribution in [0.5, 0.6) is 0 Å². The SMILES string of the molecule is Cc1ccc(C2=NC(=Cc3cc(C)ccc3C)C(=O)O2)cc1. The fourth-order valence-electron chi connectivity index (χ4n) is 2.29. The molecule has 0 radical (unpaired) electrons. The van der Waals surface area contributed by atoms with Gasteiger partial charge < -0.3 is 4.74 Å². The van der Waals surface area contributed by atoms with Crippen molar-refractivity contribution in [3.8, 4) is 0 Å². The summed E-state index contributed by atoms with van der Waals surface area (Å²) in [7, 11) is 0. The summed E-state index contributed by atoms with van der Waals surface area (Å²) in [4.78, 5) is 16.4. The lowest BCUT2D eigenvalue weighted by Crippen LogP contribution is -2.05. The number of hydrogen-bond donors (Lipinski definition) is 0. The first-order valence-corrected chi connectivity index (χ1v) is 7.20. The van der Waals surface area contributed by atoms with Gasteiger partial charge in [-0.15, -0.1) is 0 Å². The number of hydrogen-bond acceptors (Lipinski definition) is 3. The van der Waals surface area contributed by atoms with Gasteiger partial charge in [-0.25, -0.2) is 9.79 Å². The van der Waals surface area contributed by atoms with E-state index in [2.05, 4.69) is 4.99 Å². The van der Waals surface area contributed by atoms with Gasteiger partial charge >= 0.3 is 5.97 Å². The molecule has 3 heteroatoms. The summed E-state index contributed by atoms with van der Waals surface area (Å²) in [5, 5.41) is 0. The van der Waals surface area contributed by atoms with Gasteiger partial charge in [0.15, 0.2) is 5.70 Å². The molecule has 0 saturated heterocycles. The molecule has 0 spiro atoms. The molecule has 0 unspecified atom stereocenters. The van der Waals surface area contributed by atoms with E-state index in [0.717, 1.165) is 27.8 Å². The van der Waals surface area contributed by atoms with Gasteiger partial charge in [-0.3, -0.25) is 0 Å². The van der Waals surface area contributed by atoms with Crippen LogP contribution in [0, 0.1) is 20.8 Å². The van der Waals surface area contributed by atoms with E-state index in [1.807, 2.05) is 63.2 Å². The zero-order valence-corrected chi connectivity index (χ0v) is 12.9. The highest BCUT2D eigenvalue weighted by atomic mass is 16.6. The fourth-order valence-corrected chi connectivity index (χ4v) is 2.29. The van der Waals surface area contributed by atoms with Crippen LogP contribution in [-0.4, -0.2) is 11.9 Å². The Morgan fingerprint density at radius 3 is 2.36 bits per heavy atom. The van der Waals surface area contributed by atoms with Crippen LogP contribution in [0.4, 0.5) is 0 Å². The normalized spacial score (nSPS) is 15.9. The molecule has 22 heavy (non-hydrogen) atoms. The quantitative estimate of drug-likeness (QED) is 0.620. The van der Waals surface area contributed by atoms with E-state index in [1.165, 1.54) is 0 Å². The maximum absolute atomic E-state index is 12.0. The third-order valence-electron chi connectivity index (χ3n) is 3.65. The molecule has 2 aromatic carbocycles. The average molecular weight is 291 g/mol. The van der Waals surface area contributed by atoms with Gasteiger partial charge in [-0.2, -0.15) is 0 Å². The topological polar surface area (TPSA) is 38.7 Å². The molecule has 110 valence electrons. The first-order valence-electron chi connectivity index (χ1n) is 7.20. The van der Waals surface area contributed by atoms with E-state index in [9.17, 15) is 4.79 Å². The Morgan fingerprint density at radius 2 is 1.64 bits per heavy atom. The molecular formula is C19H17NO2. The van der Waals surface area contributed by atoms with E-state index in [4.69, 9.17) is 4.74 Å². The summed E-state index contributed by atoms with van der Waals surface area (Å²) < 4.78 is 5.28. The summed E-state index contributed by atoms with van der Waals surface area (Å²) in [5.41, 5.74) is 5.53. The van der Waals surface area contributed by atoms with Crippen molar-refractivity contribution in [2.24, 2.45) is 4.99 Å². The number of carbonyl (C=O) groups is 1. The third kappa shape index (κ3) is 2.84. The zero-order valence-electron chi connectivity index (χ0n) is 12.9. The number of aliphatic imine (C=N–C) groups is 1. The van der Waals surface area contributed by atoms with Crippen molar-refractivity contribution in [2.75, 3.05) is 0 Å². The maximum atomic E-state index is 12.0. The second kappa shape index (κ2) is 5.60. The standard InChI is InChI=1S/C19H17NO2/c1-12-5-8-15(9-6-12)18-20-17(19(21)22-18)11-16-10-13(2)4-7-14(16)3/h4-11H,1-3H3. The van der Waals surface area contributed by atoms with Crippen LogP contribution in [0.2, 0.25) is 0 Å². The number of benzene rings is 2. The molecule has 1 heterocycles. The minimum atomic E-state index is -0.406. The van der Waals surface area contributed by atoms with Gasteiger partial charge in [-0.1, -0.05) is 41.5 Å². The number of ether oxygens (including phenoxy) is 1. The van der Waals surface area contributed by atoms with Crippen molar-refractivity contribution in [2.45, 2.75) is 20.8 Å². The minimum Gasteiger partial charge on any atom is -0.402 e. The monoisotopic (exact) mass is 291 g/mol. The Hall–Kier alpha value is -2.68. The molecule has 1 aliphatic rings. The molecule has 0 saturated carbocycles. The van der Waals surface area contributed by atoms with Gasteiger partial charge in [0.25, 0.3) is 0 Å². The summed E-state index contributed by atoms with van der Waals surface area (Å²) >= 11 is 0. The van der Waals surface area contributed by atoms with Crippen LogP contribution < -0.4 is 0 Å². The largest absolute Gasteiger partial charge is 0.402 e. The molecule has 0 bridgehead atoms. The van der Waals surface area contributed by atoms with Crippen LogP contribution in [0.3, 0.4) is 0 Å². The molecule has 0 aromatic heterocycles. The smallest absolute Gasteiger partial charge is 0.363 e. The van der Waals surface area contributed by atoms with E-state index in [-0.39, 0.29) is 0 Å². The van der Waals surface area contributed by atoms with Crippen LogP contribution in [0.15, 0.2) is 53.2 Å². The predicted octanol–water partition coefficient (Wildman–Crippen LogP) is 3.96. The maximum Gasteiger partial charge on any atom is 0.363 e. The predicted molar refractivity (Wildman–Crippen MR) is 87.7 cm³/mol. The zero-order chi connectivity index (χ0) is 15.7. The van der Waals surface area contributed by atoms with Crippen molar-refractivity contribution in [1.29, 1.82) is 0 Å². The summed E-state index contributed by atoms with van der Waals surface area (Å²) in [5.74, 6) is -0.0435. The van der Waals surface area contributed by atoms with E-state index >= 15 is 0 Å². The number of nitrogens with zero attached hydrogens (tertiary/aromatic N) is 1. The van der Waals surface area contributed by atoms with Crippen molar-refractivity contribution >= 4 is 17.9 Å². The second-order valence-electron chi connectivity index (χ2n) is 5.56. The highest BCUT2D eigenvalue weighted by Crippen LogP contribution is 2.21. The summed E-state index contributed by atoms with van der Waals surface area (Å²) in [6.45, 7) is 6.05. The number of esters is 1. The van der Waals surface area contributed by atoms with Crippen molar-refractivity contribution in [3.05, 3.63) is 76.0 Å². The van der Waals surface area contributed by atoms with Gasteiger partial charge in [0.1, 0.15) is 0 Å². The Bertz CT molecular complexity index is 799. The molecule has 3 rings (SSSR count). The van der Waals surface area contributed by atoms with Gasteiger partial charge in [0, 0.05) is 5.56 Å². The summed E-state index contributed by atoms with van der Waals surface area (Å²) in [6, 6.07) is 13.9. The first kappa shape index (κ1) is 14.3. The number of cyclic esters (lactones) is 1. The van der Waals surface area contributed by atoms with Gasteiger partial charge in [0.2, 0.25) is 5.90 Å². The van der Waals surface area contributed by atoms with Crippen molar-refractivity contribution in [1.82, 2.24) is 0 Å². The molecule has 0 atom stereocenters. The lowest BCUT2D eigenvalue weighted by Gasteiger charge is -2.01. The van der Waals surface area contributed by atoms with Gasteiger partial charge in [-0.05, 0) is 50.1 Å². The van der Waals surface area contributed by atoms with Crippen molar-refractivity contribution < 1.29 is 9.53 Å². The van der Waals surface area contributed by atoms with E-state index in [1.54, 1.807) is 6.08 Å². The fraction of sp³-hybridized carbons (Fsp3) is 0.158. The van der Waals surface area contributed by atoms with E-state index < -0.39 is 5.97 Å². The molecule has 1 aliphatic heterocycles. The third-order valence-corrected chi connectivity index (χ3v) is 3.65. The van der Waals surface area contributed by atoms with Crippen molar-refractivity contribution in [3.63, 3.8) is 0 Å². The van der Waals surface area contributed by atoms with Crippen LogP contribution in [-0.2, 0) is 9.53 Å². The first-order chi connectivity index (χ1) is 10.5. The number of carbonyl (C=O) groups excluding carboxylic acids is 1. The molecule has 0 fully saturated rings. The average Bonchev–Trinajstić information content (AvgIpc) is 2.85. The molecule has 0 aliphatic carbocycles. The molecular weight excluding hydrogens is 274 g/mol. The molecule has 2 aromatic rings. The highest BCUT2D eigenvalue weighted by Gasteiger charge is 2.24. The molecule has 0 amide bonds. The van der Waals surface area contributed by atoms with Gasteiger partial charge in [0.05, 0.1) is 0 Å². The molecule has 0 N–H and O–H groups in total. The van der Waals surface area contributed by atoms with E-state index in [0.29, 0.717) is 11.6 Å². The lowest BCUT2D eigenvalue weighted by molar-refractivity contribution is -0.129. The Kier molecular flexibility index (Phi) is 3.63. The Morgan fingerprint density at radius 1 is 0.955 bits per heavy atom. The second-order valence-corrected chi connectivity index (χ2v) is 5.56. The lowest BCUT2D eigenvalue weighted by atomic mass is 10.0. The van der Waals surface area contributed by atoms with Crippen LogP contribution in [0.25, 0.3) is 6.08 Å². The minimum absolute atomic E-state index is 0.337. The Labute approximate surface area is 130 Å². The van der Waals surface area contributed by atoms with Crippen LogP contribution in [0.1, 0.15) is 27.8 Å². The highest BCUT2D eigenvalue weighted by molar-refractivity contribution is 6.12. The summed E-state index contributed by atoms with van der Waals surface area (Å²) in [6.07, 6.45) is 1.78. The Balaban J connectivity index is 1.97. The number of aryl methyl sites for hydroxylation is 3. The molecule has 3 nitrogen and oxygen atoms in total. The number of rotatable bonds is 2.